The lowest BCUT2D eigenvalue weighted by molar-refractivity contribution is -0.139. The summed E-state index contributed by atoms with van der Waals surface area (Å²) in [6, 6.07) is 8.04. The average molecular weight is 336 g/mol. The first-order valence-electron chi connectivity index (χ1n) is 7.33. The summed E-state index contributed by atoms with van der Waals surface area (Å²) in [5, 5.41) is 4.14. The largest absolute Gasteiger partial charge is 0.460 e. The van der Waals surface area contributed by atoms with Crippen molar-refractivity contribution < 1.29 is 19.0 Å². The van der Waals surface area contributed by atoms with E-state index >= 15 is 0 Å². The number of thiazole rings is 1. The van der Waals surface area contributed by atoms with Crippen molar-refractivity contribution in [2.75, 3.05) is 44.9 Å². The summed E-state index contributed by atoms with van der Waals surface area (Å²) in [5.41, 5.74) is 1.01. The number of nitrogens with zero attached hydrogens (tertiary/aromatic N) is 1. The van der Waals surface area contributed by atoms with Gasteiger partial charge in [0.15, 0.2) is 5.13 Å². The zero-order valence-corrected chi connectivity index (χ0v) is 13.6. The Labute approximate surface area is 139 Å². The van der Waals surface area contributed by atoms with E-state index in [1.54, 1.807) is 11.3 Å². The van der Waals surface area contributed by atoms with E-state index in [2.05, 4.69) is 22.9 Å². The van der Waals surface area contributed by atoms with E-state index < -0.39 is 5.97 Å². The van der Waals surface area contributed by atoms with E-state index in [1.807, 2.05) is 18.2 Å². The van der Waals surface area contributed by atoms with E-state index in [-0.39, 0.29) is 6.61 Å². The summed E-state index contributed by atoms with van der Waals surface area (Å²) in [6.45, 7) is 6.11. The van der Waals surface area contributed by atoms with E-state index in [4.69, 9.17) is 14.2 Å². The molecule has 0 atom stereocenters. The van der Waals surface area contributed by atoms with Crippen LogP contribution in [-0.4, -0.2) is 50.5 Å². The number of hydrogen-bond donors (Lipinski definition) is 1. The van der Waals surface area contributed by atoms with Crippen LogP contribution in [0.1, 0.15) is 0 Å². The summed E-state index contributed by atoms with van der Waals surface area (Å²) < 4.78 is 16.6. The topological polar surface area (TPSA) is 69.7 Å². The number of anilines is 1. The first kappa shape index (κ1) is 17.4. The Morgan fingerprint density at radius 2 is 1.91 bits per heavy atom. The zero-order chi connectivity index (χ0) is 16.3. The van der Waals surface area contributed by atoms with Crippen molar-refractivity contribution in [1.82, 2.24) is 4.98 Å². The van der Waals surface area contributed by atoms with Gasteiger partial charge >= 0.3 is 5.97 Å². The van der Waals surface area contributed by atoms with Gasteiger partial charge in [-0.1, -0.05) is 30.0 Å². The molecule has 0 fully saturated rings. The van der Waals surface area contributed by atoms with Gasteiger partial charge in [0.2, 0.25) is 0 Å². The number of hydrogen-bond acceptors (Lipinski definition) is 7. The second kappa shape index (κ2) is 9.94. The molecule has 7 heteroatoms. The molecule has 0 aliphatic heterocycles. The molecule has 0 aliphatic rings. The van der Waals surface area contributed by atoms with Crippen molar-refractivity contribution in [3.63, 3.8) is 0 Å². The average Bonchev–Trinajstić information content (AvgIpc) is 2.99. The summed E-state index contributed by atoms with van der Waals surface area (Å²) in [5.74, 6) is -0.439. The quantitative estimate of drug-likeness (QED) is 0.386. The van der Waals surface area contributed by atoms with Gasteiger partial charge in [-0.15, -0.1) is 0 Å². The van der Waals surface area contributed by atoms with Crippen LogP contribution in [0.4, 0.5) is 5.13 Å². The molecule has 124 valence electrons. The molecule has 0 saturated carbocycles. The maximum Gasteiger partial charge on any atom is 0.330 e. The van der Waals surface area contributed by atoms with Crippen molar-refractivity contribution >= 4 is 32.7 Å². The molecule has 0 spiro atoms. The van der Waals surface area contributed by atoms with Crippen LogP contribution in [0.3, 0.4) is 0 Å². The normalized spacial score (nSPS) is 10.6. The Kier molecular flexibility index (Phi) is 7.51. The Morgan fingerprint density at radius 1 is 1.17 bits per heavy atom. The predicted molar refractivity (Wildman–Crippen MR) is 90.9 cm³/mol. The minimum atomic E-state index is -0.439. The van der Waals surface area contributed by atoms with Crippen LogP contribution < -0.4 is 5.32 Å². The number of fused-ring (bicyclic) bond motifs is 1. The van der Waals surface area contributed by atoms with Crippen molar-refractivity contribution in [3.8, 4) is 0 Å². The van der Waals surface area contributed by atoms with E-state index in [0.29, 0.717) is 33.0 Å². The molecule has 0 saturated heterocycles. The fraction of sp³-hybridized carbons (Fsp3) is 0.375. The summed E-state index contributed by atoms with van der Waals surface area (Å²) in [6.07, 6.45) is 1.13. The molecule has 1 aromatic carbocycles. The lowest BCUT2D eigenvalue weighted by atomic mass is 10.3. The van der Waals surface area contributed by atoms with Crippen LogP contribution in [0, 0.1) is 0 Å². The second-order valence-corrected chi connectivity index (χ2v) is 5.54. The number of carbonyl (C=O) groups is 1. The number of carbonyl (C=O) groups excluding carboxylic acids is 1. The van der Waals surface area contributed by atoms with Crippen LogP contribution in [0.5, 0.6) is 0 Å². The molecule has 0 aliphatic carbocycles. The molecule has 1 N–H and O–H groups in total. The van der Waals surface area contributed by atoms with Gasteiger partial charge in [0.05, 0.1) is 36.6 Å². The lowest BCUT2D eigenvalue weighted by Gasteiger charge is -2.06. The summed E-state index contributed by atoms with van der Waals surface area (Å²) >= 11 is 1.63. The standard InChI is InChI=1S/C16H20N2O4S/c1-2-15(19)22-12-11-21-10-9-20-8-7-17-16-18-13-5-3-4-6-14(13)23-16/h2-6H,1,7-12H2,(H,17,18). The molecule has 6 nitrogen and oxygen atoms in total. The van der Waals surface area contributed by atoms with Crippen molar-refractivity contribution in [2.24, 2.45) is 0 Å². The molecular weight excluding hydrogens is 316 g/mol. The van der Waals surface area contributed by atoms with Crippen molar-refractivity contribution in [1.29, 1.82) is 0 Å². The third-order valence-electron chi connectivity index (χ3n) is 2.83. The second-order valence-electron chi connectivity index (χ2n) is 4.51. The zero-order valence-electron chi connectivity index (χ0n) is 12.8. The van der Waals surface area contributed by atoms with Gasteiger partial charge in [0.1, 0.15) is 6.61 Å². The number of ether oxygens (including phenoxy) is 3. The monoisotopic (exact) mass is 336 g/mol. The maximum atomic E-state index is 10.8. The fourth-order valence-corrected chi connectivity index (χ4v) is 2.65. The Hall–Kier alpha value is -1.96. The van der Waals surface area contributed by atoms with Crippen LogP contribution in [0.2, 0.25) is 0 Å². The molecule has 1 aromatic heterocycles. The van der Waals surface area contributed by atoms with Crippen LogP contribution >= 0.6 is 11.3 Å². The molecule has 0 unspecified atom stereocenters. The number of nitrogens with one attached hydrogen (secondary N) is 1. The van der Waals surface area contributed by atoms with Gasteiger partial charge in [-0.3, -0.25) is 0 Å². The number of esters is 1. The lowest BCUT2D eigenvalue weighted by Crippen LogP contribution is -2.14. The van der Waals surface area contributed by atoms with Gasteiger partial charge < -0.3 is 19.5 Å². The molecule has 0 bridgehead atoms. The summed E-state index contributed by atoms with van der Waals surface area (Å²) in [7, 11) is 0. The van der Waals surface area contributed by atoms with Gasteiger partial charge in [-0.05, 0) is 12.1 Å². The maximum absolute atomic E-state index is 10.8. The predicted octanol–water partition coefficient (Wildman–Crippen LogP) is 2.47. The van der Waals surface area contributed by atoms with Gasteiger partial charge in [0.25, 0.3) is 0 Å². The van der Waals surface area contributed by atoms with Gasteiger partial charge in [-0.2, -0.15) is 0 Å². The smallest absolute Gasteiger partial charge is 0.330 e. The first-order valence-corrected chi connectivity index (χ1v) is 8.15. The van der Waals surface area contributed by atoms with E-state index in [9.17, 15) is 4.79 Å². The number of benzene rings is 1. The highest BCUT2D eigenvalue weighted by molar-refractivity contribution is 7.22. The van der Waals surface area contributed by atoms with Crippen LogP contribution in [-0.2, 0) is 19.0 Å². The SMILES string of the molecule is C=CC(=O)OCCOCCOCCNc1nc2ccccc2s1. The molecule has 23 heavy (non-hydrogen) atoms. The van der Waals surface area contributed by atoms with Crippen LogP contribution in [0.25, 0.3) is 10.2 Å². The number of rotatable bonds is 11. The summed E-state index contributed by atoms with van der Waals surface area (Å²) in [4.78, 5) is 15.2. The number of para-hydroxylation sites is 1. The molecule has 2 rings (SSSR count). The fourth-order valence-electron chi connectivity index (χ4n) is 1.76. The third kappa shape index (κ3) is 6.35. The minimum Gasteiger partial charge on any atom is -0.460 e. The molecular formula is C16H20N2O4S. The van der Waals surface area contributed by atoms with Crippen molar-refractivity contribution in [3.05, 3.63) is 36.9 Å². The first-order chi connectivity index (χ1) is 11.3. The Bertz CT molecular complexity index is 596. The van der Waals surface area contributed by atoms with E-state index in [0.717, 1.165) is 16.7 Å². The molecule has 2 aromatic rings. The highest BCUT2D eigenvalue weighted by Gasteiger charge is 2.01. The Morgan fingerprint density at radius 3 is 2.70 bits per heavy atom. The highest BCUT2D eigenvalue weighted by atomic mass is 32.1. The van der Waals surface area contributed by atoms with Crippen LogP contribution in [0.15, 0.2) is 36.9 Å². The highest BCUT2D eigenvalue weighted by Crippen LogP contribution is 2.24. The van der Waals surface area contributed by atoms with Gasteiger partial charge in [0, 0.05) is 12.6 Å². The minimum absolute atomic E-state index is 0.226. The molecule has 1 heterocycles. The van der Waals surface area contributed by atoms with E-state index in [1.165, 1.54) is 4.70 Å². The third-order valence-corrected chi connectivity index (χ3v) is 3.82. The number of aromatic nitrogens is 1. The Balaban J connectivity index is 1.46. The molecule has 0 radical (unpaired) electrons. The van der Waals surface area contributed by atoms with Crippen molar-refractivity contribution in [2.45, 2.75) is 0 Å². The molecule has 0 amide bonds. The van der Waals surface area contributed by atoms with Gasteiger partial charge in [-0.25, -0.2) is 9.78 Å².